The van der Waals surface area contributed by atoms with E-state index in [1.54, 1.807) is 13.0 Å². The van der Waals surface area contributed by atoms with E-state index in [0.29, 0.717) is 5.56 Å². The zero-order chi connectivity index (χ0) is 18.5. The van der Waals surface area contributed by atoms with Gasteiger partial charge in [-0.2, -0.15) is 0 Å². The fourth-order valence-corrected chi connectivity index (χ4v) is 2.21. The quantitative estimate of drug-likeness (QED) is 0.500. The minimum atomic E-state index is -0.702. The Balaban J connectivity index is 1.62. The second kappa shape index (κ2) is 7.74. The third kappa shape index (κ3) is 4.42. The van der Waals surface area contributed by atoms with Gasteiger partial charge in [0.2, 0.25) is 5.89 Å². The molecule has 0 radical (unpaired) electrons. The number of hydrogen-bond donors (Lipinski definition) is 0. The number of carbonyl (C=O) groups is 1. The average molecular weight is 352 g/mol. The molecule has 1 heterocycles. The molecule has 0 aliphatic carbocycles. The van der Waals surface area contributed by atoms with Gasteiger partial charge < -0.3 is 9.15 Å². The number of aromatic nitrogens is 2. The Morgan fingerprint density at radius 1 is 1.12 bits per heavy atom. The first kappa shape index (κ1) is 17.5. The highest BCUT2D eigenvalue weighted by Gasteiger charge is 2.18. The van der Waals surface area contributed by atoms with Gasteiger partial charge in [0.15, 0.2) is 6.10 Å². The summed E-state index contributed by atoms with van der Waals surface area (Å²) in [6.07, 6.45) is 2.32. The summed E-state index contributed by atoms with van der Waals surface area (Å²) in [5.41, 5.74) is 2.63. The van der Waals surface area contributed by atoms with Crippen molar-refractivity contribution in [2.45, 2.75) is 20.0 Å². The van der Waals surface area contributed by atoms with Crippen LogP contribution in [0.15, 0.2) is 59.0 Å². The number of esters is 1. The number of ether oxygens (including phenoxy) is 1. The smallest absolute Gasteiger partial charge is 0.331 e. The molecule has 5 nitrogen and oxygen atoms in total. The molecule has 0 saturated heterocycles. The molecule has 1 atom stereocenters. The average Bonchev–Trinajstić information content (AvgIpc) is 3.12. The first-order chi connectivity index (χ1) is 12.5. The fourth-order valence-electron chi connectivity index (χ4n) is 2.21. The summed E-state index contributed by atoms with van der Waals surface area (Å²) in [6.45, 7) is 3.63. The normalized spacial score (nSPS) is 12.3. The van der Waals surface area contributed by atoms with Crippen LogP contribution in [0.25, 0.3) is 17.5 Å². The highest BCUT2D eigenvalue weighted by Crippen LogP contribution is 2.22. The Kier molecular flexibility index (Phi) is 5.22. The molecule has 3 aromatic rings. The number of benzene rings is 2. The molecule has 6 heteroatoms. The van der Waals surface area contributed by atoms with Crippen LogP contribution in [0.5, 0.6) is 0 Å². The number of aryl methyl sites for hydroxylation is 1. The van der Waals surface area contributed by atoms with E-state index in [0.717, 1.165) is 11.1 Å². The molecule has 0 bridgehead atoms. The molecule has 2 aromatic carbocycles. The van der Waals surface area contributed by atoms with E-state index in [1.165, 1.54) is 30.3 Å². The lowest BCUT2D eigenvalue weighted by Gasteiger charge is -2.06. The number of halogens is 1. The van der Waals surface area contributed by atoms with E-state index in [4.69, 9.17) is 9.15 Å². The molecule has 1 aromatic heterocycles. The molecule has 0 aliphatic rings. The van der Waals surface area contributed by atoms with Crippen molar-refractivity contribution in [3.05, 3.63) is 77.4 Å². The summed E-state index contributed by atoms with van der Waals surface area (Å²) in [4.78, 5) is 11.9. The zero-order valence-corrected chi connectivity index (χ0v) is 14.3. The minimum absolute atomic E-state index is 0.168. The van der Waals surface area contributed by atoms with Crippen molar-refractivity contribution in [1.29, 1.82) is 0 Å². The molecular formula is C20H17FN2O3. The van der Waals surface area contributed by atoms with Gasteiger partial charge >= 0.3 is 5.97 Å². The van der Waals surface area contributed by atoms with Gasteiger partial charge in [0.05, 0.1) is 0 Å². The van der Waals surface area contributed by atoms with E-state index < -0.39 is 12.1 Å². The molecule has 132 valence electrons. The first-order valence-electron chi connectivity index (χ1n) is 8.06. The lowest BCUT2D eigenvalue weighted by Crippen LogP contribution is -2.06. The maximum absolute atomic E-state index is 13.0. The van der Waals surface area contributed by atoms with Gasteiger partial charge in [-0.05, 0) is 49.8 Å². The van der Waals surface area contributed by atoms with E-state index in [1.807, 2.05) is 31.2 Å². The van der Waals surface area contributed by atoms with E-state index in [9.17, 15) is 9.18 Å². The van der Waals surface area contributed by atoms with Crippen molar-refractivity contribution in [2.24, 2.45) is 0 Å². The van der Waals surface area contributed by atoms with Gasteiger partial charge in [-0.3, -0.25) is 0 Å². The first-order valence-corrected chi connectivity index (χ1v) is 8.06. The lowest BCUT2D eigenvalue weighted by atomic mass is 10.1. The summed E-state index contributed by atoms with van der Waals surface area (Å²) in [5.74, 6) is -0.463. The molecular weight excluding hydrogens is 335 g/mol. The molecule has 0 unspecified atom stereocenters. The lowest BCUT2D eigenvalue weighted by molar-refractivity contribution is -0.143. The van der Waals surface area contributed by atoms with Crippen molar-refractivity contribution < 1.29 is 18.3 Å². The number of nitrogens with zero attached hydrogens (tertiary/aromatic N) is 2. The van der Waals surface area contributed by atoms with Crippen LogP contribution < -0.4 is 0 Å². The third-order valence-electron chi connectivity index (χ3n) is 3.66. The van der Waals surface area contributed by atoms with Crippen LogP contribution in [-0.2, 0) is 9.53 Å². The molecule has 0 aliphatic heterocycles. The molecule has 0 spiro atoms. The van der Waals surface area contributed by atoms with E-state index in [-0.39, 0.29) is 17.6 Å². The van der Waals surface area contributed by atoms with Crippen molar-refractivity contribution in [2.75, 3.05) is 0 Å². The van der Waals surface area contributed by atoms with Crippen LogP contribution in [0.4, 0.5) is 4.39 Å². The Hall–Kier alpha value is -3.28. The predicted octanol–water partition coefficient (Wildman–Crippen LogP) is 4.50. The van der Waals surface area contributed by atoms with Gasteiger partial charge in [-0.1, -0.05) is 29.8 Å². The van der Waals surface area contributed by atoms with Crippen LogP contribution >= 0.6 is 0 Å². The summed E-state index contributed by atoms with van der Waals surface area (Å²) in [5, 5.41) is 7.78. The molecule has 0 amide bonds. The topological polar surface area (TPSA) is 65.2 Å². The van der Waals surface area contributed by atoms with Crippen LogP contribution in [0.3, 0.4) is 0 Å². The number of rotatable bonds is 5. The number of carbonyl (C=O) groups excluding carboxylic acids is 1. The SMILES string of the molecule is Cc1ccc(/C=C/C(=O)O[C@@H](C)c2nnc(-c3ccc(F)cc3)o2)cc1. The largest absolute Gasteiger partial charge is 0.449 e. The van der Waals surface area contributed by atoms with Gasteiger partial charge in [-0.15, -0.1) is 10.2 Å². The summed E-state index contributed by atoms with van der Waals surface area (Å²) < 4.78 is 23.7. The maximum atomic E-state index is 13.0. The number of hydrogen-bond acceptors (Lipinski definition) is 5. The Labute approximate surface area is 150 Å². The molecule has 0 N–H and O–H groups in total. The van der Waals surface area contributed by atoms with Crippen LogP contribution in [0.2, 0.25) is 0 Å². The van der Waals surface area contributed by atoms with Crippen molar-refractivity contribution in [3.63, 3.8) is 0 Å². The minimum Gasteiger partial charge on any atom is -0.449 e. The Bertz CT molecular complexity index is 915. The van der Waals surface area contributed by atoms with Gasteiger partial charge in [-0.25, -0.2) is 9.18 Å². The van der Waals surface area contributed by atoms with Gasteiger partial charge in [0.25, 0.3) is 5.89 Å². The highest BCUT2D eigenvalue weighted by molar-refractivity contribution is 5.87. The summed E-state index contributed by atoms with van der Waals surface area (Å²) in [6, 6.07) is 13.4. The monoisotopic (exact) mass is 352 g/mol. The molecule has 26 heavy (non-hydrogen) atoms. The van der Waals surface area contributed by atoms with Crippen molar-refractivity contribution in [3.8, 4) is 11.5 Å². The van der Waals surface area contributed by atoms with Crippen molar-refractivity contribution in [1.82, 2.24) is 10.2 Å². The highest BCUT2D eigenvalue weighted by atomic mass is 19.1. The van der Waals surface area contributed by atoms with Gasteiger partial charge in [0.1, 0.15) is 5.82 Å². The fraction of sp³-hybridized carbons (Fsp3) is 0.150. The summed E-state index contributed by atoms with van der Waals surface area (Å²) >= 11 is 0. The van der Waals surface area contributed by atoms with E-state index in [2.05, 4.69) is 10.2 Å². The Morgan fingerprint density at radius 2 is 1.81 bits per heavy atom. The maximum Gasteiger partial charge on any atom is 0.331 e. The molecule has 0 fully saturated rings. The standard InChI is InChI=1S/C20H17FN2O3/c1-13-3-5-15(6-4-13)7-12-18(24)25-14(2)19-22-23-20(26-19)16-8-10-17(21)11-9-16/h3-12,14H,1-2H3/b12-7+/t14-/m0/s1. The summed E-state index contributed by atoms with van der Waals surface area (Å²) in [7, 11) is 0. The van der Waals surface area contributed by atoms with Crippen LogP contribution in [-0.4, -0.2) is 16.2 Å². The second-order valence-corrected chi connectivity index (χ2v) is 5.78. The van der Waals surface area contributed by atoms with Gasteiger partial charge in [0, 0.05) is 11.6 Å². The van der Waals surface area contributed by atoms with E-state index >= 15 is 0 Å². The van der Waals surface area contributed by atoms with Crippen LogP contribution in [0.1, 0.15) is 30.0 Å². The van der Waals surface area contributed by atoms with Crippen LogP contribution in [0, 0.1) is 12.7 Å². The van der Waals surface area contributed by atoms with Crippen molar-refractivity contribution >= 4 is 12.0 Å². The second-order valence-electron chi connectivity index (χ2n) is 5.78. The molecule has 0 saturated carbocycles. The molecule has 3 rings (SSSR count). The Morgan fingerprint density at radius 3 is 2.50 bits per heavy atom. The zero-order valence-electron chi connectivity index (χ0n) is 14.3. The third-order valence-corrected chi connectivity index (χ3v) is 3.66. The predicted molar refractivity (Wildman–Crippen MR) is 94.4 cm³/mol.